The van der Waals surface area contributed by atoms with Crippen molar-refractivity contribution in [2.45, 2.75) is 40.0 Å². The van der Waals surface area contributed by atoms with Gasteiger partial charge in [-0.15, -0.1) is 0 Å². The van der Waals surface area contributed by atoms with Crippen LogP contribution in [0, 0.1) is 24.2 Å². The molecule has 24 heavy (non-hydrogen) atoms. The molecule has 2 bridgehead atoms. The maximum Gasteiger partial charge on any atom is 0.344 e. The minimum absolute atomic E-state index is 0.0709. The molecular weight excluding hydrogens is 324 g/mol. The lowest BCUT2D eigenvalue weighted by atomic mass is 9.48. The zero-order valence-corrected chi connectivity index (χ0v) is 15.4. The molecule has 0 unspecified atom stereocenters. The van der Waals surface area contributed by atoms with E-state index in [2.05, 4.69) is 19.9 Å². The largest absolute Gasteiger partial charge is 0.482 e. The molecule has 0 saturated heterocycles. The number of hydrogen-bond acceptors (Lipinski definition) is 3. The van der Waals surface area contributed by atoms with Crippen LogP contribution >= 0.6 is 11.6 Å². The van der Waals surface area contributed by atoms with Gasteiger partial charge in [0.05, 0.1) is 6.61 Å². The van der Waals surface area contributed by atoms with Gasteiger partial charge in [-0.05, 0) is 60.8 Å². The SMILES string of the molecule is Cc1cc(Cl)ccc1OCC(=O)OCCC1=CC[C@H]2C[C@@H]1C2(C)C. The lowest BCUT2D eigenvalue weighted by molar-refractivity contribution is -0.146. The Bertz CT molecular complexity index is 663. The van der Waals surface area contributed by atoms with Crippen molar-refractivity contribution in [1.82, 2.24) is 0 Å². The minimum atomic E-state index is -0.327. The summed E-state index contributed by atoms with van der Waals surface area (Å²) in [5, 5.41) is 0.657. The van der Waals surface area contributed by atoms with E-state index in [1.807, 2.05) is 13.0 Å². The van der Waals surface area contributed by atoms with Crippen molar-refractivity contribution in [3.8, 4) is 5.75 Å². The van der Waals surface area contributed by atoms with Gasteiger partial charge in [-0.3, -0.25) is 0 Å². The van der Waals surface area contributed by atoms with Crippen molar-refractivity contribution >= 4 is 17.6 Å². The molecule has 4 rings (SSSR count). The zero-order valence-electron chi connectivity index (χ0n) is 14.6. The first-order valence-electron chi connectivity index (χ1n) is 8.61. The molecule has 0 spiro atoms. The Morgan fingerprint density at radius 1 is 1.38 bits per heavy atom. The Hall–Kier alpha value is -1.48. The van der Waals surface area contributed by atoms with Gasteiger partial charge in [0.25, 0.3) is 0 Å². The first kappa shape index (κ1) is 17.3. The quantitative estimate of drug-likeness (QED) is 0.538. The molecule has 0 N–H and O–H groups in total. The highest BCUT2D eigenvalue weighted by atomic mass is 35.5. The van der Waals surface area contributed by atoms with Crippen LogP contribution in [-0.4, -0.2) is 19.2 Å². The number of carbonyl (C=O) groups is 1. The van der Waals surface area contributed by atoms with Crippen molar-refractivity contribution in [2.75, 3.05) is 13.2 Å². The summed E-state index contributed by atoms with van der Waals surface area (Å²) >= 11 is 5.90. The molecule has 0 heterocycles. The van der Waals surface area contributed by atoms with Crippen molar-refractivity contribution < 1.29 is 14.3 Å². The number of fused-ring (bicyclic) bond motifs is 1. The highest BCUT2D eigenvalue weighted by Gasteiger charge is 2.50. The molecule has 130 valence electrons. The van der Waals surface area contributed by atoms with Gasteiger partial charge < -0.3 is 9.47 Å². The smallest absolute Gasteiger partial charge is 0.344 e. The van der Waals surface area contributed by atoms with Gasteiger partial charge in [-0.2, -0.15) is 0 Å². The Balaban J connectivity index is 1.41. The van der Waals surface area contributed by atoms with Crippen LogP contribution in [0.1, 0.15) is 38.7 Å². The molecule has 2 atom stereocenters. The fraction of sp³-hybridized carbons (Fsp3) is 0.550. The first-order valence-corrected chi connectivity index (χ1v) is 8.99. The van der Waals surface area contributed by atoms with Gasteiger partial charge in [-0.25, -0.2) is 4.79 Å². The van der Waals surface area contributed by atoms with Gasteiger partial charge in [0.2, 0.25) is 0 Å². The van der Waals surface area contributed by atoms with Crippen LogP contribution in [0.2, 0.25) is 5.02 Å². The fourth-order valence-electron chi connectivity index (χ4n) is 3.99. The van der Waals surface area contributed by atoms with Crippen molar-refractivity contribution in [3.63, 3.8) is 0 Å². The maximum absolute atomic E-state index is 11.9. The molecule has 1 aromatic carbocycles. The van der Waals surface area contributed by atoms with E-state index in [1.54, 1.807) is 12.1 Å². The van der Waals surface area contributed by atoms with Gasteiger partial charge in [-0.1, -0.05) is 37.1 Å². The van der Waals surface area contributed by atoms with Crippen LogP contribution in [0.15, 0.2) is 29.8 Å². The molecule has 1 saturated carbocycles. The number of hydrogen-bond donors (Lipinski definition) is 0. The Labute approximate surface area is 149 Å². The van der Waals surface area contributed by atoms with Crippen molar-refractivity contribution in [2.24, 2.45) is 17.3 Å². The number of allylic oxidation sites excluding steroid dienone is 1. The third kappa shape index (κ3) is 3.46. The summed E-state index contributed by atoms with van der Waals surface area (Å²) in [5.41, 5.74) is 2.79. The number of halogens is 1. The Morgan fingerprint density at radius 2 is 2.17 bits per heavy atom. The van der Waals surface area contributed by atoms with E-state index in [1.165, 1.54) is 18.4 Å². The molecule has 1 fully saturated rings. The standard InChI is InChI=1S/C20H25ClO3/c1-13-10-16(21)6-7-18(13)24-12-19(22)23-9-8-14-4-5-15-11-17(14)20(15,2)3/h4,6-7,10,15,17H,5,8-9,11-12H2,1-3H3/t15-,17-/m0/s1. The van der Waals surface area contributed by atoms with Gasteiger partial charge in [0, 0.05) is 11.4 Å². The monoisotopic (exact) mass is 348 g/mol. The first-order chi connectivity index (χ1) is 11.4. The molecule has 0 amide bonds. The predicted octanol–water partition coefficient (Wildman–Crippen LogP) is 4.95. The molecule has 3 aliphatic rings. The number of benzene rings is 1. The van der Waals surface area contributed by atoms with Crippen molar-refractivity contribution in [3.05, 3.63) is 40.4 Å². The van der Waals surface area contributed by atoms with E-state index in [0.717, 1.165) is 17.9 Å². The summed E-state index contributed by atoms with van der Waals surface area (Å²) in [6.45, 7) is 6.97. The highest BCUT2D eigenvalue weighted by Crippen LogP contribution is 2.59. The van der Waals surface area contributed by atoms with Crippen LogP contribution in [0.3, 0.4) is 0 Å². The van der Waals surface area contributed by atoms with Crippen LogP contribution in [0.4, 0.5) is 0 Å². The summed E-state index contributed by atoms with van der Waals surface area (Å²) in [6, 6.07) is 5.33. The van der Waals surface area contributed by atoms with E-state index in [4.69, 9.17) is 21.1 Å². The van der Waals surface area contributed by atoms with Crippen LogP contribution in [0.5, 0.6) is 5.75 Å². The number of esters is 1. The summed E-state index contributed by atoms with van der Waals surface area (Å²) in [5.74, 6) is 1.84. The summed E-state index contributed by atoms with van der Waals surface area (Å²) in [4.78, 5) is 11.9. The molecule has 0 radical (unpaired) electrons. The van der Waals surface area contributed by atoms with E-state index in [-0.39, 0.29) is 12.6 Å². The van der Waals surface area contributed by atoms with E-state index >= 15 is 0 Å². The Kier molecular flexibility index (Phi) is 4.91. The van der Waals surface area contributed by atoms with Gasteiger partial charge in [0.15, 0.2) is 6.61 Å². The van der Waals surface area contributed by atoms with Crippen molar-refractivity contribution in [1.29, 1.82) is 0 Å². The lowest BCUT2D eigenvalue weighted by Crippen LogP contribution is -2.48. The highest BCUT2D eigenvalue weighted by molar-refractivity contribution is 6.30. The third-order valence-electron chi connectivity index (χ3n) is 5.72. The average Bonchev–Trinajstić information content (AvgIpc) is 2.54. The van der Waals surface area contributed by atoms with Crippen LogP contribution in [0.25, 0.3) is 0 Å². The molecule has 4 heteroatoms. The number of carbonyl (C=O) groups excluding carboxylic acids is 1. The maximum atomic E-state index is 11.9. The fourth-order valence-corrected chi connectivity index (χ4v) is 4.22. The van der Waals surface area contributed by atoms with Crippen LogP contribution < -0.4 is 4.74 Å². The normalized spacial score (nSPS) is 23.9. The van der Waals surface area contributed by atoms with Crippen LogP contribution in [-0.2, 0) is 9.53 Å². The molecule has 0 aromatic heterocycles. The lowest BCUT2D eigenvalue weighted by Gasteiger charge is -2.56. The van der Waals surface area contributed by atoms with E-state index in [0.29, 0.717) is 28.7 Å². The second kappa shape index (κ2) is 6.79. The van der Waals surface area contributed by atoms with E-state index < -0.39 is 0 Å². The number of ether oxygens (including phenoxy) is 2. The topological polar surface area (TPSA) is 35.5 Å². The number of rotatable bonds is 6. The molecular formula is C20H25ClO3. The average molecular weight is 349 g/mol. The number of aryl methyl sites for hydroxylation is 1. The molecule has 3 nitrogen and oxygen atoms in total. The molecule has 3 aliphatic carbocycles. The third-order valence-corrected chi connectivity index (χ3v) is 5.95. The summed E-state index contributed by atoms with van der Waals surface area (Å²) in [6.07, 6.45) is 5.66. The molecule has 1 aromatic rings. The van der Waals surface area contributed by atoms with E-state index in [9.17, 15) is 4.79 Å². The minimum Gasteiger partial charge on any atom is -0.482 e. The summed E-state index contributed by atoms with van der Waals surface area (Å²) < 4.78 is 10.8. The zero-order chi connectivity index (χ0) is 17.3. The summed E-state index contributed by atoms with van der Waals surface area (Å²) in [7, 11) is 0. The molecule has 0 aliphatic heterocycles. The predicted molar refractivity (Wildman–Crippen MR) is 95.3 cm³/mol. The second-order valence-electron chi connectivity index (χ2n) is 7.49. The van der Waals surface area contributed by atoms with Gasteiger partial charge >= 0.3 is 5.97 Å². The Morgan fingerprint density at radius 3 is 2.83 bits per heavy atom. The van der Waals surface area contributed by atoms with Gasteiger partial charge in [0.1, 0.15) is 5.75 Å². The second-order valence-corrected chi connectivity index (χ2v) is 7.93.